The molecule has 3 rings (SSSR count). The van der Waals surface area contributed by atoms with Crippen LogP contribution in [0.2, 0.25) is 0 Å². The zero-order valence-corrected chi connectivity index (χ0v) is 18.3. The number of benzene rings is 1. The van der Waals surface area contributed by atoms with Crippen molar-refractivity contribution in [1.29, 1.82) is 0 Å². The van der Waals surface area contributed by atoms with Crippen LogP contribution in [-0.2, 0) is 4.79 Å². The lowest BCUT2D eigenvalue weighted by Crippen LogP contribution is -2.47. The molecule has 0 aromatic heterocycles. The van der Waals surface area contributed by atoms with Gasteiger partial charge in [-0.15, -0.1) is 0 Å². The maximum absolute atomic E-state index is 12.5. The average molecular weight is 407 g/mol. The summed E-state index contributed by atoms with van der Waals surface area (Å²) >= 11 is 0. The normalized spacial score (nSPS) is 19.1. The zero-order valence-electron chi connectivity index (χ0n) is 18.3. The first-order valence-electron chi connectivity index (χ1n) is 11.3. The van der Waals surface area contributed by atoms with Crippen LogP contribution >= 0.6 is 0 Å². The van der Waals surface area contributed by atoms with Crippen LogP contribution in [-0.4, -0.2) is 47.7 Å². The van der Waals surface area contributed by atoms with E-state index >= 15 is 0 Å². The maximum atomic E-state index is 12.5. The lowest BCUT2D eigenvalue weighted by atomic mass is 9.84. The fourth-order valence-electron chi connectivity index (χ4n) is 4.44. The highest BCUT2D eigenvalue weighted by Crippen LogP contribution is 2.32. The van der Waals surface area contributed by atoms with Crippen molar-refractivity contribution >= 4 is 11.7 Å². The molecule has 4 heteroatoms. The van der Waals surface area contributed by atoms with Crippen molar-refractivity contribution in [3.63, 3.8) is 0 Å². The molecular weight excluding hydrogens is 372 g/mol. The van der Waals surface area contributed by atoms with E-state index in [1.165, 1.54) is 55.5 Å². The van der Waals surface area contributed by atoms with E-state index in [0.717, 1.165) is 13.1 Å². The first-order valence-corrected chi connectivity index (χ1v) is 11.3. The van der Waals surface area contributed by atoms with E-state index in [2.05, 4.69) is 29.2 Å². The Hall–Kier alpha value is -2.62. The van der Waals surface area contributed by atoms with Gasteiger partial charge in [-0.05, 0) is 50.3 Å². The molecule has 2 aliphatic rings. The van der Waals surface area contributed by atoms with Gasteiger partial charge >= 0.3 is 0 Å². The summed E-state index contributed by atoms with van der Waals surface area (Å²) in [5.41, 5.74) is 3.17. The lowest BCUT2D eigenvalue weighted by molar-refractivity contribution is -0.127. The van der Waals surface area contributed by atoms with Crippen molar-refractivity contribution in [2.24, 2.45) is 0 Å². The molecule has 4 nitrogen and oxygen atoms in total. The summed E-state index contributed by atoms with van der Waals surface area (Å²) in [7, 11) is 0. The molecule has 1 aromatic rings. The lowest BCUT2D eigenvalue weighted by Gasteiger charge is -2.36. The molecule has 1 amide bonds. The molecule has 1 aromatic carbocycles. The van der Waals surface area contributed by atoms with Crippen LogP contribution in [0.15, 0.2) is 60.3 Å². The fourth-order valence-corrected chi connectivity index (χ4v) is 4.44. The Morgan fingerprint density at radius 3 is 2.07 bits per heavy atom. The van der Waals surface area contributed by atoms with Crippen LogP contribution in [0.4, 0.5) is 0 Å². The molecule has 1 aliphatic carbocycles. The summed E-state index contributed by atoms with van der Waals surface area (Å²) in [6.45, 7) is 6.99. The van der Waals surface area contributed by atoms with Gasteiger partial charge in [0.05, 0.1) is 0 Å². The van der Waals surface area contributed by atoms with E-state index in [0.29, 0.717) is 24.6 Å². The fraction of sp³-hybridized carbons (Fsp3) is 0.462. The van der Waals surface area contributed by atoms with Crippen molar-refractivity contribution in [2.75, 3.05) is 26.2 Å². The molecule has 30 heavy (non-hydrogen) atoms. The van der Waals surface area contributed by atoms with Gasteiger partial charge in [0.15, 0.2) is 5.78 Å². The van der Waals surface area contributed by atoms with E-state index in [1.807, 2.05) is 37.0 Å². The average Bonchev–Trinajstić information content (AvgIpc) is 2.81. The van der Waals surface area contributed by atoms with E-state index in [4.69, 9.17) is 0 Å². The number of amides is 1. The van der Waals surface area contributed by atoms with Crippen LogP contribution in [0, 0.1) is 0 Å². The Labute approximate surface area is 180 Å². The van der Waals surface area contributed by atoms with E-state index in [1.54, 1.807) is 0 Å². The molecular formula is C26H34N2O2. The second-order valence-electron chi connectivity index (χ2n) is 8.18. The molecule has 160 valence electrons. The van der Waals surface area contributed by atoms with Crippen LogP contribution < -0.4 is 0 Å². The summed E-state index contributed by atoms with van der Waals surface area (Å²) in [6, 6.07) is 7.98. The highest BCUT2D eigenvalue weighted by molar-refractivity contribution is 6.07. The molecule has 1 aliphatic heterocycles. The van der Waals surface area contributed by atoms with Crippen molar-refractivity contribution < 1.29 is 9.59 Å². The first kappa shape index (κ1) is 22.1. The summed E-state index contributed by atoms with van der Waals surface area (Å²) in [5.74, 6) is 0.436. The Bertz CT molecular complexity index is 806. The third-order valence-electron chi connectivity index (χ3n) is 6.24. The standard InChI is InChI=1S/C26H34N2O2/c1-3-8-24(4-2)27-17-19-28(20-18-27)26(30)16-15-25(29)23-13-11-22(12-14-23)21-9-6-5-7-10-21/h3-4,8,11-16,21H,5-7,9-10,17-20H2,1-2H3/b8-3-,16-15+,24-4+. The SMILES string of the molecule is C/C=C\C(=C/C)N1CCN(C(=O)/C=C/C(=O)c2ccc(C3CCCCC3)cc2)CC1. The Balaban J connectivity index is 1.51. The second-order valence-corrected chi connectivity index (χ2v) is 8.18. The third kappa shape index (κ3) is 5.71. The molecule has 0 radical (unpaired) electrons. The summed E-state index contributed by atoms with van der Waals surface area (Å²) < 4.78 is 0. The molecule has 0 bridgehead atoms. The van der Waals surface area contributed by atoms with Crippen LogP contribution in [0.3, 0.4) is 0 Å². The van der Waals surface area contributed by atoms with Crippen LogP contribution in [0.1, 0.15) is 67.8 Å². The number of carbonyl (C=O) groups excluding carboxylic acids is 2. The largest absolute Gasteiger partial charge is 0.368 e. The predicted molar refractivity (Wildman–Crippen MR) is 122 cm³/mol. The van der Waals surface area contributed by atoms with E-state index in [9.17, 15) is 9.59 Å². The number of allylic oxidation sites excluding steroid dienone is 4. The minimum atomic E-state index is -0.110. The van der Waals surface area contributed by atoms with Crippen LogP contribution in [0.5, 0.6) is 0 Å². The molecule has 1 heterocycles. The summed E-state index contributed by atoms with van der Waals surface area (Å²) in [5, 5.41) is 0. The molecule has 2 fully saturated rings. The molecule has 1 saturated heterocycles. The minimum absolute atomic E-state index is 0.0881. The summed E-state index contributed by atoms with van der Waals surface area (Å²) in [4.78, 5) is 29.1. The topological polar surface area (TPSA) is 40.6 Å². The van der Waals surface area contributed by atoms with Gasteiger partial charge in [-0.1, -0.05) is 55.7 Å². The molecule has 0 atom stereocenters. The van der Waals surface area contributed by atoms with Crippen LogP contribution in [0.25, 0.3) is 0 Å². The first-order chi connectivity index (χ1) is 14.6. The van der Waals surface area contributed by atoms with Crippen molar-refractivity contribution in [3.05, 3.63) is 71.5 Å². The Morgan fingerprint density at radius 1 is 0.833 bits per heavy atom. The third-order valence-corrected chi connectivity index (χ3v) is 6.24. The number of nitrogens with zero attached hydrogens (tertiary/aromatic N) is 2. The molecule has 0 N–H and O–H groups in total. The van der Waals surface area contributed by atoms with Gasteiger partial charge in [-0.2, -0.15) is 0 Å². The smallest absolute Gasteiger partial charge is 0.246 e. The summed E-state index contributed by atoms with van der Waals surface area (Å²) in [6.07, 6.45) is 15.5. The number of piperazine rings is 1. The van der Waals surface area contributed by atoms with Gasteiger partial charge in [0.2, 0.25) is 5.91 Å². The predicted octanol–water partition coefficient (Wildman–Crippen LogP) is 5.10. The second kappa shape index (κ2) is 11.0. The van der Waals surface area contributed by atoms with Crippen molar-refractivity contribution in [1.82, 2.24) is 9.80 Å². The quantitative estimate of drug-likeness (QED) is 0.375. The van der Waals surface area contributed by atoms with Gasteiger partial charge in [-0.3, -0.25) is 9.59 Å². The Kier molecular flexibility index (Phi) is 8.06. The van der Waals surface area contributed by atoms with Crippen molar-refractivity contribution in [3.8, 4) is 0 Å². The van der Waals surface area contributed by atoms with Gasteiger partial charge in [0.25, 0.3) is 0 Å². The van der Waals surface area contributed by atoms with E-state index in [-0.39, 0.29) is 11.7 Å². The number of hydrogen-bond acceptors (Lipinski definition) is 3. The molecule has 0 spiro atoms. The number of rotatable bonds is 6. The maximum Gasteiger partial charge on any atom is 0.246 e. The van der Waals surface area contributed by atoms with Crippen molar-refractivity contribution in [2.45, 2.75) is 51.9 Å². The molecule has 0 unspecified atom stereocenters. The zero-order chi connectivity index (χ0) is 21.3. The molecule has 1 saturated carbocycles. The Morgan fingerprint density at radius 2 is 1.47 bits per heavy atom. The van der Waals surface area contributed by atoms with Gasteiger partial charge in [0, 0.05) is 43.5 Å². The van der Waals surface area contributed by atoms with Gasteiger partial charge in [0.1, 0.15) is 0 Å². The minimum Gasteiger partial charge on any atom is -0.368 e. The highest BCUT2D eigenvalue weighted by atomic mass is 16.2. The number of ketones is 1. The number of hydrogen-bond donors (Lipinski definition) is 0. The highest BCUT2D eigenvalue weighted by Gasteiger charge is 2.20. The van der Waals surface area contributed by atoms with E-state index < -0.39 is 0 Å². The van der Waals surface area contributed by atoms with Gasteiger partial charge in [-0.25, -0.2) is 0 Å². The monoisotopic (exact) mass is 406 g/mol. The van der Waals surface area contributed by atoms with Gasteiger partial charge < -0.3 is 9.80 Å². The number of carbonyl (C=O) groups is 2.